The smallest absolute Gasteiger partial charge is 0.320 e. The molecular formula is C25H32N6O3. The lowest BCUT2D eigenvalue weighted by atomic mass is 9.76. The van der Waals surface area contributed by atoms with Gasteiger partial charge in [0.15, 0.2) is 5.69 Å². The molecule has 180 valence electrons. The summed E-state index contributed by atoms with van der Waals surface area (Å²) >= 11 is 0. The zero-order chi connectivity index (χ0) is 23.4. The maximum atomic E-state index is 13.4. The van der Waals surface area contributed by atoms with Crippen LogP contribution in [0.2, 0.25) is 0 Å². The Morgan fingerprint density at radius 2 is 1.74 bits per heavy atom. The van der Waals surface area contributed by atoms with Gasteiger partial charge in [-0.25, -0.2) is 4.79 Å². The Morgan fingerprint density at radius 1 is 0.971 bits per heavy atom. The number of fused-ring (bicyclic) bond motifs is 5. The van der Waals surface area contributed by atoms with E-state index >= 15 is 0 Å². The molecule has 4 aliphatic heterocycles. The van der Waals surface area contributed by atoms with Gasteiger partial charge in [-0.1, -0.05) is 18.2 Å². The van der Waals surface area contributed by atoms with Crippen molar-refractivity contribution in [3.8, 4) is 0 Å². The molecular weight excluding hydrogens is 432 g/mol. The van der Waals surface area contributed by atoms with Crippen LogP contribution in [0.25, 0.3) is 10.9 Å². The van der Waals surface area contributed by atoms with Crippen LogP contribution in [0, 0.1) is 11.8 Å². The molecule has 4 amide bonds. The maximum Gasteiger partial charge on any atom is 0.320 e. The summed E-state index contributed by atoms with van der Waals surface area (Å²) in [5.41, 5.74) is 1.42. The zero-order valence-corrected chi connectivity index (χ0v) is 19.7. The van der Waals surface area contributed by atoms with Gasteiger partial charge in [0.25, 0.3) is 5.91 Å². The van der Waals surface area contributed by atoms with Gasteiger partial charge in [0.2, 0.25) is 5.91 Å². The molecule has 2 bridgehead atoms. The summed E-state index contributed by atoms with van der Waals surface area (Å²) in [5, 5.41) is 5.34. The van der Waals surface area contributed by atoms with Gasteiger partial charge < -0.3 is 19.6 Å². The molecule has 9 heteroatoms. The zero-order valence-electron chi connectivity index (χ0n) is 19.7. The largest absolute Gasteiger partial charge is 0.339 e. The minimum atomic E-state index is -0.0709. The molecule has 0 radical (unpaired) electrons. The number of likely N-dealkylation sites (tertiary alicyclic amines) is 1. The fourth-order valence-corrected chi connectivity index (χ4v) is 6.59. The van der Waals surface area contributed by atoms with E-state index in [1.807, 2.05) is 46.0 Å². The predicted octanol–water partition coefficient (Wildman–Crippen LogP) is 1.78. The second-order valence-corrected chi connectivity index (χ2v) is 10.3. The lowest BCUT2D eigenvalue weighted by molar-refractivity contribution is -0.144. The van der Waals surface area contributed by atoms with Crippen LogP contribution in [-0.4, -0.2) is 99.1 Å². The van der Waals surface area contributed by atoms with Gasteiger partial charge in [0.05, 0.1) is 5.52 Å². The molecule has 0 spiro atoms. The highest BCUT2D eigenvalue weighted by atomic mass is 16.2. The first kappa shape index (κ1) is 21.4. The number of urea groups is 1. The Kier molecular flexibility index (Phi) is 5.22. The SMILES string of the molecule is Cn1nc(C(=O)N2CCN(C(=O)N3C[C@H]4C[C@H](C3)[C@H]3CCCC(=O)N3C4)CC2)c2ccccc21. The number of nitrogens with zero attached hydrogens (tertiary/aromatic N) is 6. The minimum absolute atomic E-state index is 0.0709. The predicted molar refractivity (Wildman–Crippen MR) is 126 cm³/mol. The van der Waals surface area contributed by atoms with E-state index < -0.39 is 0 Å². The summed E-state index contributed by atoms with van der Waals surface area (Å²) in [7, 11) is 1.85. The van der Waals surface area contributed by atoms with Crippen LogP contribution in [0.1, 0.15) is 36.2 Å². The number of rotatable bonds is 1. The second-order valence-electron chi connectivity index (χ2n) is 10.3. The van der Waals surface area contributed by atoms with Crippen LogP contribution in [0.4, 0.5) is 4.79 Å². The number of benzene rings is 1. The van der Waals surface area contributed by atoms with E-state index in [9.17, 15) is 14.4 Å². The van der Waals surface area contributed by atoms with Gasteiger partial charge in [-0.15, -0.1) is 0 Å². The normalized spacial score (nSPS) is 27.2. The van der Waals surface area contributed by atoms with Gasteiger partial charge in [-0.3, -0.25) is 14.3 Å². The summed E-state index contributed by atoms with van der Waals surface area (Å²) in [6.45, 7) is 4.37. The molecule has 1 aromatic carbocycles. The van der Waals surface area contributed by atoms with Crippen molar-refractivity contribution in [1.29, 1.82) is 0 Å². The third-order valence-corrected chi connectivity index (χ3v) is 8.25. The third kappa shape index (κ3) is 3.52. The van der Waals surface area contributed by atoms with Crippen molar-refractivity contribution in [2.24, 2.45) is 18.9 Å². The summed E-state index contributed by atoms with van der Waals surface area (Å²) in [4.78, 5) is 46.8. The molecule has 4 aliphatic rings. The van der Waals surface area contributed by atoms with Crippen LogP contribution in [-0.2, 0) is 11.8 Å². The number of hydrogen-bond acceptors (Lipinski definition) is 4. The van der Waals surface area contributed by atoms with E-state index in [4.69, 9.17) is 0 Å². The number of piperidine rings is 3. The number of hydrogen-bond donors (Lipinski definition) is 0. The third-order valence-electron chi connectivity index (χ3n) is 8.25. The average Bonchev–Trinajstić information content (AvgIpc) is 3.20. The first-order chi connectivity index (χ1) is 16.5. The molecule has 0 N–H and O–H groups in total. The van der Waals surface area contributed by atoms with Crippen molar-refractivity contribution in [3.05, 3.63) is 30.0 Å². The fraction of sp³-hybridized carbons (Fsp3) is 0.600. The Hall–Kier alpha value is -3.10. The van der Waals surface area contributed by atoms with Crippen LogP contribution < -0.4 is 0 Å². The van der Waals surface area contributed by atoms with Crippen LogP contribution in [0.5, 0.6) is 0 Å². The Morgan fingerprint density at radius 3 is 2.56 bits per heavy atom. The number of piperazine rings is 1. The molecule has 2 aromatic rings. The highest BCUT2D eigenvalue weighted by Gasteiger charge is 2.45. The first-order valence-electron chi connectivity index (χ1n) is 12.5. The fourth-order valence-electron chi connectivity index (χ4n) is 6.59. The lowest BCUT2D eigenvalue weighted by Crippen LogP contribution is -2.63. The Labute approximate surface area is 199 Å². The molecule has 0 aliphatic carbocycles. The number of amides is 4. The van der Waals surface area contributed by atoms with Gasteiger partial charge in [0.1, 0.15) is 0 Å². The number of carbonyl (C=O) groups is 3. The summed E-state index contributed by atoms with van der Waals surface area (Å²) < 4.78 is 1.75. The summed E-state index contributed by atoms with van der Waals surface area (Å²) in [5.74, 6) is 0.993. The van der Waals surface area contributed by atoms with Gasteiger partial charge in [0, 0.05) is 70.7 Å². The van der Waals surface area contributed by atoms with E-state index in [1.165, 1.54) is 0 Å². The molecule has 34 heavy (non-hydrogen) atoms. The quantitative estimate of drug-likeness (QED) is 0.644. The van der Waals surface area contributed by atoms with Crippen LogP contribution >= 0.6 is 0 Å². The van der Waals surface area contributed by atoms with E-state index in [0.717, 1.165) is 49.8 Å². The number of aromatic nitrogens is 2. The van der Waals surface area contributed by atoms with Crippen molar-refractivity contribution < 1.29 is 14.4 Å². The average molecular weight is 465 g/mol. The standard InChI is InChI=1S/C25H32N6O3/c1-27-21-6-3-2-5-19(21)23(26-27)24(33)28-9-11-29(12-10-28)25(34)30-14-17-13-18(16-30)20-7-4-8-22(32)31(20)15-17/h2-3,5-6,17-18,20H,4,7-16H2,1H3/t17-,18-,20-/m1/s1. The van der Waals surface area contributed by atoms with Gasteiger partial charge in [-0.05, 0) is 37.2 Å². The second kappa shape index (κ2) is 8.29. The molecule has 9 nitrogen and oxygen atoms in total. The Balaban J connectivity index is 1.09. The first-order valence-corrected chi connectivity index (χ1v) is 12.5. The topological polar surface area (TPSA) is 82.0 Å². The van der Waals surface area contributed by atoms with Crippen molar-refractivity contribution in [1.82, 2.24) is 29.4 Å². The Bertz CT molecular complexity index is 1140. The molecule has 4 saturated heterocycles. The summed E-state index contributed by atoms with van der Waals surface area (Å²) in [6.07, 6.45) is 3.83. The van der Waals surface area contributed by atoms with Crippen molar-refractivity contribution in [2.75, 3.05) is 45.8 Å². The summed E-state index contributed by atoms with van der Waals surface area (Å²) in [6, 6.07) is 8.15. The minimum Gasteiger partial charge on any atom is -0.339 e. The van der Waals surface area contributed by atoms with Gasteiger partial charge in [-0.2, -0.15) is 5.10 Å². The van der Waals surface area contributed by atoms with E-state index in [-0.39, 0.29) is 11.9 Å². The molecule has 4 fully saturated rings. The molecule has 0 saturated carbocycles. The molecule has 6 rings (SSSR count). The van der Waals surface area contributed by atoms with E-state index in [2.05, 4.69) is 10.00 Å². The monoisotopic (exact) mass is 464 g/mol. The van der Waals surface area contributed by atoms with Crippen molar-refractivity contribution in [3.63, 3.8) is 0 Å². The molecule has 0 unspecified atom stereocenters. The van der Waals surface area contributed by atoms with Crippen molar-refractivity contribution in [2.45, 2.75) is 31.7 Å². The maximum absolute atomic E-state index is 13.4. The number of para-hydroxylation sites is 1. The number of carbonyl (C=O) groups excluding carboxylic acids is 3. The van der Waals surface area contributed by atoms with E-state index in [0.29, 0.717) is 62.1 Å². The van der Waals surface area contributed by atoms with Gasteiger partial charge >= 0.3 is 6.03 Å². The van der Waals surface area contributed by atoms with Crippen LogP contribution in [0.15, 0.2) is 24.3 Å². The number of aryl methyl sites for hydroxylation is 1. The van der Waals surface area contributed by atoms with E-state index in [1.54, 1.807) is 4.68 Å². The van der Waals surface area contributed by atoms with Crippen LogP contribution in [0.3, 0.4) is 0 Å². The highest BCUT2D eigenvalue weighted by Crippen LogP contribution is 2.38. The molecule has 5 heterocycles. The lowest BCUT2D eigenvalue weighted by Gasteiger charge is -2.53. The molecule has 1 aromatic heterocycles. The highest BCUT2D eigenvalue weighted by molar-refractivity contribution is 6.04. The van der Waals surface area contributed by atoms with Crippen molar-refractivity contribution >= 4 is 28.7 Å². The molecule has 3 atom stereocenters.